The lowest BCUT2D eigenvalue weighted by Gasteiger charge is -1.99. The molecule has 1 heterocycles. The van der Waals surface area contributed by atoms with Crippen LogP contribution in [0.2, 0.25) is 0 Å². The molecule has 0 saturated heterocycles. The van der Waals surface area contributed by atoms with Crippen molar-refractivity contribution in [3.05, 3.63) is 45.7 Å². The van der Waals surface area contributed by atoms with Crippen LogP contribution in [0.3, 0.4) is 0 Å². The maximum atomic E-state index is 13.5. The Labute approximate surface area is 112 Å². The van der Waals surface area contributed by atoms with E-state index in [2.05, 4.69) is 33.1 Å². The van der Waals surface area contributed by atoms with Gasteiger partial charge >= 0.3 is 0 Å². The summed E-state index contributed by atoms with van der Waals surface area (Å²) in [7, 11) is 0. The highest BCUT2D eigenvalue weighted by Gasteiger charge is 2.12. The zero-order valence-corrected chi connectivity index (χ0v) is 11.8. The van der Waals surface area contributed by atoms with Crippen molar-refractivity contribution in [2.45, 2.75) is 24.6 Å². The van der Waals surface area contributed by atoms with E-state index in [1.54, 1.807) is 12.1 Å². The molecule has 1 aromatic heterocycles. The Kier molecular flexibility index (Phi) is 4.23. The molecule has 0 N–H and O–H groups in total. The monoisotopic (exact) mass is 314 g/mol. The summed E-state index contributed by atoms with van der Waals surface area (Å²) in [5.74, 6) is -0.185. The fraction of sp³-hybridized carbons (Fsp3) is 0.333. The lowest BCUT2D eigenvalue weighted by molar-refractivity contribution is 0.613. The molecule has 1 aromatic carbocycles. The van der Waals surface area contributed by atoms with Gasteiger partial charge in [0.05, 0.1) is 4.83 Å². The van der Waals surface area contributed by atoms with Crippen LogP contribution in [0, 0.1) is 5.82 Å². The molecule has 1 unspecified atom stereocenters. The van der Waals surface area contributed by atoms with E-state index >= 15 is 0 Å². The summed E-state index contributed by atoms with van der Waals surface area (Å²) in [6.45, 7) is 2.08. The molecule has 0 fully saturated rings. The van der Waals surface area contributed by atoms with Crippen LogP contribution >= 0.6 is 27.3 Å². The first-order valence-electron chi connectivity index (χ1n) is 5.40. The molecule has 0 amide bonds. The minimum absolute atomic E-state index is 0.185. The molecule has 0 aliphatic carbocycles. The molecule has 0 saturated carbocycles. The molecule has 0 radical (unpaired) electrons. The molecule has 2 nitrogen and oxygen atoms in total. The molecular weight excluding hydrogens is 303 g/mol. The summed E-state index contributed by atoms with van der Waals surface area (Å²) in [5, 5.41) is 10.0. The van der Waals surface area contributed by atoms with Crippen LogP contribution in [-0.4, -0.2) is 10.2 Å². The maximum Gasteiger partial charge on any atom is 0.131 e. The second-order valence-electron chi connectivity index (χ2n) is 3.68. The lowest BCUT2D eigenvalue weighted by Crippen LogP contribution is -1.91. The van der Waals surface area contributed by atoms with Crippen molar-refractivity contribution in [3.8, 4) is 0 Å². The Morgan fingerprint density at radius 1 is 1.35 bits per heavy atom. The van der Waals surface area contributed by atoms with Crippen molar-refractivity contribution in [1.82, 2.24) is 10.2 Å². The number of alkyl halides is 1. The van der Waals surface area contributed by atoms with Gasteiger partial charge in [-0.25, -0.2) is 4.39 Å². The highest BCUT2D eigenvalue weighted by Crippen LogP contribution is 2.29. The number of benzene rings is 1. The molecule has 0 aliphatic rings. The summed E-state index contributed by atoms with van der Waals surface area (Å²) in [5.41, 5.74) is 0.665. The number of halogens is 2. The zero-order valence-electron chi connectivity index (χ0n) is 9.36. The average Bonchev–Trinajstić information content (AvgIpc) is 2.80. The van der Waals surface area contributed by atoms with Crippen molar-refractivity contribution in [3.63, 3.8) is 0 Å². The van der Waals surface area contributed by atoms with Crippen LogP contribution in [0.4, 0.5) is 4.39 Å². The molecule has 1 atom stereocenters. The van der Waals surface area contributed by atoms with E-state index in [9.17, 15) is 4.39 Å². The van der Waals surface area contributed by atoms with E-state index < -0.39 is 0 Å². The van der Waals surface area contributed by atoms with Crippen LogP contribution in [0.1, 0.15) is 33.8 Å². The van der Waals surface area contributed by atoms with Crippen molar-refractivity contribution < 1.29 is 4.39 Å². The molecule has 5 heteroatoms. The van der Waals surface area contributed by atoms with Gasteiger partial charge in [0.25, 0.3) is 0 Å². The summed E-state index contributed by atoms with van der Waals surface area (Å²) in [6, 6.07) is 6.77. The summed E-state index contributed by atoms with van der Waals surface area (Å²) in [4.78, 5) is 0.245. The fourth-order valence-corrected chi connectivity index (χ4v) is 2.74. The number of nitrogens with zero attached hydrogens (tertiary/aromatic N) is 2. The van der Waals surface area contributed by atoms with Gasteiger partial charge < -0.3 is 0 Å². The lowest BCUT2D eigenvalue weighted by atomic mass is 10.1. The molecular formula is C12H12BrFN2S. The quantitative estimate of drug-likeness (QED) is 0.793. The van der Waals surface area contributed by atoms with Crippen LogP contribution in [0.15, 0.2) is 24.3 Å². The average molecular weight is 315 g/mol. The highest BCUT2D eigenvalue weighted by atomic mass is 79.9. The largest absolute Gasteiger partial charge is 0.207 e. The topological polar surface area (TPSA) is 25.8 Å². The fourth-order valence-electron chi connectivity index (χ4n) is 1.44. The van der Waals surface area contributed by atoms with E-state index in [0.29, 0.717) is 12.0 Å². The van der Waals surface area contributed by atoms with E-state index in [4.69, 9.17) is 0 Å². The van der Waals surface area contributed by atoms with E-state index in [-0.39, 0.29) is 10.6 Å². The van der Waals surface area contributed by atoms with Gasteiger partial charge in [-0.15, -0.1) is 10.2 Å². The second kappa shape index (κ2) is 5.69. The van der Waals surface area contributed by atoms with Gasteiger partial charge in [-0.3, -0.25) is 0 Å². The maximum absolute atomic E-state index is 13.5. The van der Waals surface area contributed by atoms with Crippen molar-refractivity contribution >= 4 is 27.3 Å². The first kappa shape index (κ1) is 12.6. The Bertz CT molecular complexity index is 501. The van der Waals surface area contributed by atoms with Crippen LogP contribution in [0.5, 0.6) is 0 Å². The summed E-state index contributed by atoms with van der Waals surface area (Å²) >= 11 is 5.07. The smallest absolute Gasteiger partial charge is 0.131 e. The molecule has 0 spiro atoms. The number of hydrogen-bond acceptors (Lipinski definition) is 3. The molecule has 90 valence electrons. The van der Waals surface area contributed by atoms with E-state index in [0.717, 1.165) is 16.4 Å². The zero-order chi connectivity index (χ0) is 12.3. The van der Waals surface area contributed by atoms with Gasteiger partial charge in [-0.2, -0.15) is 0 Å². The minimum Gasteiger partial charge on any atom is -0.207 e. The molecule has 0 aliphatic heterocycles. The third kappa shape index (κ3) is 3.10. The van der Waals surface area contributed by atoms with Crippen LogP contribution in [-0.2, 0) is 6.42 Å². The van der Waals surface area contributed by atoms with Crippen molar-refractivity contribution in [2.75, 3.05) is 0 Å². The standard InChI is InChI=1S/C12H12BrFN2S/c1-2-9(13)12-16-15-11(17-12)7-8-5-3-4-6-10(8)14/h3-6,9H,2,7H2,1H3. The van der Waals surface area contributed by atoms with E-state index in [1.807, 2.05) is 6.07 Å². The van der Waals surface area contributed by atoms with Gasteiger partial charge in [0.15, 0.2) is 0 Å². The van der Waals surface area contributed by atoms with Crippen LogP contribution in [0.25, 0.3) is 0 Å². The molecule has 2 rings (SSSR count). The molecule has 2 aromatic rings. The Balaban J connectivity index is 2.14. The van der Waals surface area contributed by atoms with Gasteiger partial charge in [0.1, 0.15) is 15.8 Å². The number of aromatic nitrogens is 2. The van der Waals surface area contributed by atoms with Crippen LogP contribution < -0.4 is 0 Å². The SMILES string of the molecule is CCC(Br)c1nnc(Cc2ccccc2F)s1. The third-order valence-corrected chi connectivity index (χ3v) is 4.83. The van der Waals surface area contributed by atoms with Gasteiger partial charge in [-0.1, -0.05) is 52.4 Å². The van der Waals surface area contributed by atoms with Gasteiger partial charge in [0.2, 0.25) is 0 Å². The summed E-state index contributed by atoms with van der Waals surface area (Å²) < 4.78 is 13.5. The second-order valence-corrected chi connectivity index (χ2v) is 5.88. The molecule has 0 bridgehead atoms. The predicted octanol–water partition coefficient (Wildman–Crippen LogP) is 4.11. The number of hydrogen-bond donors (Lipinski definition) is 0. The first-order valence-corrected chi connectivity index (χ1v) is 7.13. The first-order chi connectivity index (χ1) is 8.20. The van der Waals surface area contributed by atoms with Gasteiger partial charge in [-0.05, 0) is 18.1 Å². The summed E-state index contributed by atoms with van der Waals surface area (Å²) in [6.07, 6.45) is 1.47. The third-order valence-electron chi connectivity index (χ3n) is 2.41. The Morgan fingerprint density at radius 3 is 2.82 bits per heavy atom. The predicted molar refractivity (Wildman–Crippen MR) is 71.1 cm³/mol. The van der Waals surface area contributed by atoms with E-state index in [1.165, 1.54) is 17.4 Å². The van der Waals surface area contributed by atoms with Gasteiger partial charge in [0, 0.05) is 6.42 Å². The highest BCUT2D eigenvalue weighted by molar-refractivity contribution is 9.09. The minimum atomic E-state index is -0.185. The Hall–Kier alpha value is -0.810. The van der Waals surface area contributed by atoms with Crippen molar-refractivity contribution in [1.29, 1.82) is 0 Å². The van der Waals surface area contributed by atoms with Crippen molar-refractivity contribution in [2.24, 2.45) is 0 Å². The number of rotatable bonds is 4. The Morgan fingerprint density at radius 2 is 2.12 bits per heavy atom. The normalized spacial score (nSPS) is 12.6. The molecule has 17 heavy (non-hydrogen) atoms.